The van der Waals surface area contributed by atoms with Crippen molar-refractivity contribution in [3.8, 4) is 5.75 Å². The van der Waals surface area contributed by atoms with Crippen molar-refractivity contribution >= 4 is 16.8 Å². The van der Waals surface area contributed by atoms with E-state index >= 15 is 0 Å². The third-order valence-electron chi connectivity index (χ3n) is 5.63. The maximum absolute atomic E-state index is 13.1. The number of hydrogen-bond donors (Lipinski definition) is 0. The largest absolute Gasteiger partial charge is 0.435 e. The summed E-state index contributed by atoms with van der Waals surface area (Å²) in [6, 6.07) is 14.9. The minimum atomic E-state index is -2.81. The highest BCUT2D eigenvalue weighted by Crippen LogP contribution is 2.22. The molecule has 0 saturated carbocycles. The summed E-state index contributed by atoms with van der Waals surface area (Å²) in [6.07, 6.45) is 0. The lowest BCUT2D eigenvalue weighted by Crippen LogP contribution is -2.48. The van der Waals surface area contributed by atoms with Gasteiger partial charge in [0.05, 0.1) is 0 Å². The predicted molar refractivity (Wildman–Crippen MR) is 112 cm³/mol. The first-order valence-corrected chi connectivity index (χ1v) is 10.0. The summed E-state index contributed by atoms with van der Waals surface area (Å²) in [4.78, 5) is 17.2. The number of aryl methyl sites for hydroxylation is 2. The van der Waals surface area contributed by atoms with Gasteiger partial charge in [-0.3, -0.25) is 9.69 Å². The molecule has 0 spiro atoms. The fourth-order valence-electron chi connectivity index (χ4n) is 3.95. The van der Waals surface area contributed by atoms with Gasteiger partial charge < -0.3 is 14.2 Å². The quantitative estimate of drug-likeness (QED) is 0.634. The Kier molecular flexibility index (Phi) is 5.72. The Labute approximate surface area is 174 Å². The molecule has 1 fully saturated rings. The lowest BCUT2D eigenvalue weighted by Gasteiger charge is -2.34. The van der Waals surface area contributed by atoms with Gasteiger partial charge in [0, 0.05) is 50.7 Å². The highest BCUT2D eigenvalue weighted by molar-refractivity contribution is 5.98. The zero-order chi connectivity index (χ0) is 21.3. The Morgan fingerprint density at radius 2 is 1.73 bits per heavy atom. The lowest BCUT2D eigenvalue weighted by atomic mass is 10.2. The average molecular weight is 413 g/mol. The van der Waals surface area contributed by atoms with Gasteiger partial charge in [-0.1, -0.05) is 24.3 Å². The molecule has 2 aromatic carbocycles. The number of alkyl halides is 2. The van der Waals surface area contributed by atoms with Crippen LogP contribution in [0.5, 0.6) is 5.75 Å². The topological polar surface area (TPSA) is 37.7 Å². The number of carbonyl (C=O) groups is 1. The summed E-state index contributed by atoms with van der Waals surface area (Å²) in [6.45, 7) is 2.80. The number of amides is 1. The van der Waals surface area contributed by atoms with E-state index in [1.54, 1.807) is 24.3 Å². The Bertz CT molecular complexity index is 1040. The van der Waals surface area contributed by atoms with Crippen molar-refractivity contribution in [3.63, 3.8) is 0 Å². The Morgan fingerprint density at radius 1 is 1.03 bits per heavy atom. The number of aromatic nitrogens is 1. The molecule has 0 atom stereocenters. The number of benzene rings is 2. The Morgan fingerprint density at radius 3 is 2.40 bits per heavy atom. The van der Waals surface area contributed by atoms with Crippen LogP contribution in [0, 0.1) is 6.92 Å². The van der Waals surface area contributed by atoms with Gasteiger partial charge in [0.2, 0.25) is 0 Å². The van der Waals surface area contributed by atoms with Crippen LogP contribution in [0.1, 0.15) is 21.6 Å². The molecule has 0 N–H and O–H groups in total. The zero-order valence-electron chi connectivity index (χ0n) is 17.1. The highest BCUT2D eigenvalue weighted by atomic mass is 19.3. The minimum absolute atomic E-state index is 0.0551. The molecule has 7 heteroatoms. The third kappa shape index (κ3) is 4.31. The first-order valence-electron chi connectivity index (χ1n) is 10.0. The SMILES string of the molecule is Cc1ccc2cc(C(=O)N3CCN(Cc4ccc(OC(F)F)cc4)CC3)n(C)c2c1. The van der Waals surface area contributed by atoms with Crippen LogP contribution in [0.2, 0.25) is 0 Å². The molecule has 0 bridgehead atoms. The molecule has 1 aromatic heterocycles. The Hall–Kier alpha value is -2.93. The van der Waals surface area contributed by atoms with Gasteiger partial charge in [-0.2, -0.15) is 8.78 Å². The van der Waals surface area contributed by atoms with Crippen LogP contribution in [0.4, 0.5) is 8.78 Å². The number of piperazine rings is 1. The molecule has 0 aliphatic carbocycles. The van der Waals surface area contributed by atoms with Crippen molar-refractivity contribution in [1.29, 1.82) is 0 Å². The number of nitrogens with zero attached hydrogens (tertiary/aromatic N) is 3. The minimum Gasteiger partial charge on any atom is -0.435 e. The lowest BCUT2D eigenvalue weighted by molar-refractivity contribution is -0.0498. The second kappa shape index (κ2) is 8.44. The summed E-state index contributed by atoms with van der Waals surface area (Å²) < 4.78 is 30.9. The van der Waals surface area contributed by atoms with Crippen molar-refractivity contribution in [2.45, 2.75) is 20.1 Å². The molecule has 1 saturated heterocycles. The van der Waals surface area contributed by atoms with Crippen LogP contribution >= 0.6 is 0 Å². The molecule has 1 aliphatic heterocycles. The molecule has 158 valence electrons. The van der Waals surface area contributed by atoms with E-state index in [1.807, 2.05) is 29.5 Å². The number of halogens is 2. The number of ether oxygens (including phenoxy) is 1. The highest BCUT2D eigenvalue weighted by Gasteiger charge is 2.24. The first-order chi connectivity index (χ1) is 14.4. The summed E-state index contributed by atoms with van der Waals surface area (Å²) in [5.41, 5.74) is 3.97. The summed E-state index contributed by atoms with van der Waals surface area (Å²) in [5, 5.41) is 1.07. The normalized spacial score (nSPS) is 15.2. The number of hydrogen-bond acceptors (Lipinski definition) is 3. The maximum Gasteiger partial charge on any atom is 0.387 e. The molecular weight excluding hydrogens is 388 g/mol. The molecule has 0 radical (unpaired) electrons. The predicted octanol–water partition coefficient (Wildman–Crippen LogP) is 4.05. The van der Waals surface area contributed by atoms with Crippen LogP contribution in [-0.2, 0) is 13.6 Å². The molecule has 1 aliphatic rings. The fraction of sp³-hybridized carbons (Fsp3) is 0.348. The number of fused-ring (bicyclic) bond motifs is 1. The molecule has 5 nitrogen and oxygen atoms in total. The zero-order valence-corrected chi connectivity index (χ0v) is 17.1. The van der Waals surface area contributed by atoms with Gasteiger partial charge in [-0.25, -0.2) is 0 Å². The van der Waals surface area contributed by atoms with Crippen LogP contribution in [0.25, 0.3) is 10.9 Å². The van der Waals surface area contributed by atoms with E-state index in [4.69, 9.17) is 0 Å². The van der Waals surface area contributed by atoms with E-state index < -0.39 is 6.61 Å². The molecular formula is C23H25F2N3O2. The molecule has 2 heterocycles. The van der Waals surface area contributed by atoms with Crippen molar-refractivity contribution in [2.24, 2.45) is 7.05 Å². The summed E-state index contributed by atoms with van der Waals surface area (Å²) >= 11 is 0. The van der Waals surface area contributed by atoms with E-state index in [1.165, 1.54) is 5.56 Å². The summed E-state index contributed by atoms with van der Waals surface area (Å²) in [7, 11) is 1.94. The average Bonchev–Trinajstić information content (AvgIpc) is 3.05. The number of rotatable bonds is 5. The van der Waals surface area contributed by atoms with E-state index in [0.717, 1.165) is 29.6 Å². The fourth-order valence-corrected chi connectivity index (χ4v) is 3.95. The van der Waals surface area contributed by atoms with Crippen molar-refractivity contribution in [2.75, 3.05) is 26.2 Å². The second-order valence-electron chi connectivity index (χ2n) is 7.74. The number of carbonyl (C=O) groups excluding carboxylic acids is 1. The van der Waals surface area contributed by atoms with E-state index in [2.05, 4.69) is 27.8 Å². The van der Waals surface area contributed by atoms with Crippen molar-refractivity contribution < 1.29 is 18.3 Å². The summed E-state index contributed by atoms with van der Waals surface area (Å²) in [5.74, 6) is 0.216. The monoisotopic (exact) mass is 413 g/mol. The van der Waals surface area contributed by atoms with Gasteiger partial charge in [0.25, 0.3) is 5.91 Å². The molecule has 1 amide bonds. The van der Waals surface area contributed by atoms with Crippen LogP contribution in [-0.4, -0.2) is 53.1 Å². The van der Waals surface area contributed by atoms with Crippen molar-refractivity contribution in [1.82, 2.24) is 14.4 Å². The van der Waals surface area contributed by atoms with E-state index in [9.17, 15) is 13.6 Å². The molecule has 0 unspecified atom stereocenters. The van der Waals surface area contributed by atoms with E-state index in [0.29, 0.717) is 25.3 Å². The first kappa shape index (κ1) is 20.3. The van der Waals surface area contributed by atoms with Gasteiger partial charge in [-0.05, 0) is 42.3 Å². The smallest absolute Gasteiger partial charge is 0.387 e. The van der Waals surface area contributed by atoms with Gasteiger partial charge in [-0.15, -0.1) is 0 Å². The third-order valence-corrected chi connectivity index (χ3v) is 5.63. The molecule has 4 rings (SSSR count). The van der Waals surface area contributed by atoms with Crippen LogP contribution < -0.4 is 4.74 Å². The van der Waals surface area contributed by atoms with E-state index in [-0.39, 0.29) is 11.7 Å². The van der Waals surface area contributed by atoms with Gasteiger partial charge >= 0.3 is 6.61 Å². The van der Waals surface area contributed by atoms with Crippen LogP contribution in [0.3, 0.4) is 0 Å². The Balaban J connectivity index is 1.36. The maximum atomic E-state index is 13.1. The van der Waals surface area contributed by atoms with Crippen LogP contribution in [0.15, 0.2) is 48.5 Å². The van der Waals surface area contributed by atoms with Crippen molar-refractivity contribution in [3.05, 3.63) is 65.4 Å². The standard InChI is InChI=1S/C23H25F2N3O2/c1-16-3-6-18-14-21(26(2)20(18)13-16)22(29)28-11-9-27(10-12-28)15-17-4-7-19(8-5-17)30-23(24)25/h3-8,13-14,23H,9-12,15H2,1-2H3. The van der Waals surface area contributed by atoms with Gasteiger partial charge in [0.1, 0.15) is 11.4 Å². The van der Waals surface area contributed by atoms with Gasteiger partial charge in [0.15, 0.2) is 0 Å². The molecule has 30 heavy (non-hydrogen) atoms. The second-order valence-corrected chi connectivity index (χ2v) is 7.74. The molecule has 3 aromatic rings.